The van der Waals surface area contributed by atoms with E-state index in [-0.39, 0.29) is 29.3 Å². The van der Waals surface area contributed by atoms with Crippen LogP contribution in [-0.4, -0.2) is 56.3 Å². The Bertz CT molecular complexity index is 1190. The molecule has 0 bridgehead atoms. The van der Waals surface area contributed by atoms with E-state index in [9.17, 15) is 18.3 Å². The maximum Gasteiger partial charge on any atom is 0.250 e. The van der Waals surface area contributed by atoms with Crippen molar-refractivity contribution in [1.82, 2.24) is 19.5 Å². The first-order valence-corrected chi connectivity index (χ1v) is 10.9. The highest BCUT2D eigenvalue weighted by Crippen LogP contribution is 2.36. The second-order valence-corrected chi connectivity index (χ2v) is 8.88. The monoisotopic (exact) mass is 466 g/mol. The summed E-state index contributed by atoms with van der Waals surface area (Å²) in [6, 6.07) is 2.51. The van der Waals surface area contributed by atoms with Gasteiger partial charge in [0.25, 0.3) is 5.92 Å². The van der Waals surface area contributed by atoms with Gasteiger partial charge in [-0.05, 0) is 25.0 Å². The van der Waals surface area contributed by atoms with Gasteiger partial charge in [0, 0.05) is 38.5 Å². The molecule has 0 saturated heterocycles. The van der Waals surface area contributed by atoms with Crippen molar-refractivity contribution >= 4 is 34.5 Å². The van der Waals surface area contributed by atoms with E-state index < -0.39 is 30.3 Å². The number of halogens is 4. The molecule has 1 fully saturated rings. The highest BCUT2D eigenvalue weighted by atomic mass is 35.5. The van der Waals surface area contributed by atoms with E-state index >= 15 is 0 Å². The number of hydrogen-bond donors (Lipinski definition) is 2. The van der Waals surface area contributed by atoms with Gasteiger partial charge in [0.05, 0.1) is 34.6 Å². The van der Waals surface area contributed by atoms with Gasteiger partial charge in [-0.15, -0.1) is 0 Å². The zero-order valence-corrected chi connectivity index (χ0v) is 18.1. The predicted octanol–water partition coefficient (Wildman–Crippen LogP) is 4.09. The SMILES string of the molecule is CN1CCCn2c1nc1c(F)cc(-c3nc(N[C@@H]4CCC(F)(F)C[C@H]4O)ncc3Cl)cc12. The highest BCUT2D eigenvalue weighted by molar-refractivity contribution is 6.33. The van der Waals surface area contributed by atoms with Gasteiger partial charge >= 0.3 is 0 Å². The third-order valence-corrected chi connectivity index (χ3v) is 6.41. The van der Waals surface area contributed by atoms with Crippen molar-refractivity contribution in [2.24, 2.45) is 0 Å². The summed E-state index contributed by atoms with van der Waals surface area (Å²) in [7, 11) is 1.92. The lowest BCUT2D eigenvalue weighted by Crippen LogP contribution is -2.44. The fourth-order valence-electron chi connectivity index (χ4n) is 4.47. The Balaban J connectivity index is 1.50. The van der Waals surface area contributed by atoms with Gasteiger partial charge in [-0.2, -0.15) is 0 Å². The first kappa shape index (κ1) is 21.3. The molecule has 170 valence electrons. The largest absolute Gasteiger partial charge is 0.391 e. The van der Waals surface area contributed by atoms with Gasteiger partial charge in [0.1, 0.15) is 5.52 Å². The van der Waals surface area contributed by atoms with Crippen LogP contribution < -0.4 is 10.2 Å². The summed E-state index contributed by atoms with van der Waals surface area (Å²) in [6.07, 6.45) is 0.193. The lowest BCUT2D eigenvalue weighted by Gasteiger charge is -2.33. The van der Waals surface area contributed by atoms with E-state index in [1.54, 1.807) is 6.07 Å². The van der Waals surface area contributed by atoms with Crippen molar-refractivity contribution in [3.63, 3.8) is 0 Å². The fourth-order valence-corrected chi connectivity index (χ4v) is 4.67. The quantitative estimate of drug-likeness (QED) is 0.605. The smallest absolute Gasteiger partial charge is 0.250 e. The van der Waals surface area contributed by atoms with Gasteiger partial charge in [-0.1, -0.05) is 11.6 Å². The van der Waals surface area contributed by atoms with Crippen LogP contribution >= 0.6 is 11.6 Å². The molecule has 2 N–H and O–H groups in total. The standard InChI is InChI=1S/C21H22ClF3N6O/c1-30-5-2-6-31-15-8-11(7-13(23)18(15)29-20(30)31)17-12(22)10-26-19(28-17)27-14-3-4-21(24,25)9-16(14)32/h7-8,10,14,16,32H,2-6,9H2,1H3,(H,26,27,28)/t14-,16-/m1/s1. The molecule has 3 heterocycles. The Morgan fingerprint density at radius 1 is 1.25 bits per heavy atom. The number of rotatable bonds is 3. The van der Waals surface area contributed by atoms with Crippen molar-refractivity contribution < 1.29 is 18.3 Å². The van der Waals surface area contributed by atoms with Crippen LogP contribution in [-0.2, 0) is 6.54 Å². The Kier molecular flexibility index (Phi) is 5.16. The van der Waals surface area contributed by atoms with E-state index in [0.29, 0.717) is 22.7 Å². The number of aliphatic hydroxyl groups excluding tert-OH is 1. The number of nitrogens with one attached hydrogen (secondary N) is 1. The fraction of sp³-hybridized carbons (Fsp3) is 0.476. The average Bonchev–Trinajstić information content (AvgIpc) is 3.12. The Hall–Kier alpha value is -2.59. The number of aliphatic hydroxyl groups is 1. The zero-order chi connectivity index (χ0) is 22.6. The minimum atomic E-state index is -2.88. The second-order valence-electron chi connectivity index (χ2n) is 8.47. The number of nitrogens with zero attached hydrogens (tertiary/aromatic N) is 5. The molecule has 2 aliphatic rings. The lowest BCUT2D eigenvalue weighted by molar-refractivity contribution is -0.0800. The summed E-state index contributed by atoms with van der Waals surface area (Å²) < 4.78 is 44.0. The van der Waals surface area contributed by atoms with Crippen molar-refractivity contribution in [3.05, 3.63) is 29.2 Å². The molecule has 0 spiro atoms. The minimum Gasteiger partial charge on any atom is -0.391 e. The molecule has 1 saturated carbocycles. The number of hydrogen-bond acceptors (Lipinski definition) is 6. The maximum atomic E-state index is 15.0. The van der Waals surface area contributed by atoms with E-state index in [4.69, 9.17) is 11.6 Å². The van der Waals surface area contributed by atoms with Crippen LogP contribution in [0.3, 0.4) is 0 Å². The van der Waals surface area contributed by atoms with Gasteiger partial charge in [-0.3, -0.25) is 0 Å². The molecule has 32 heavy (non-hydrogen) atoms. The molecule has 1 aromatic carbocycles. The summed E-state index contributed by atoms with van der Waals surface area (Å²) in [4.78, 5) is 15.0. The number of alkyl halides is 2. The van der Waals surface area contributed by atoms with Gasteiger partial charge in [0.15, 0.2) is 5.82 Å². The number of aryl methyl sites for hydroxylation is 1. The maximum absolute atomic E-state index is 15.0. The molecule has 3 aromatic rings. The van der Waals surface area contributed by atoms with E-state index in [2.05, 4.69) is 20.3 Å². The van der Waals surface area contributed by atoms with Crippen molar-refractivity contribution in [2.75, 3.05) is 23.8 Å². The number of anilines is 2. The van der Waals surface area contributed by atoms with Crippen LogP contribution in [0.25, 0.3) is 22.3 Å². The number of imidazole rings is 1. The summed E-state index contributed by atoms with van der Waals surface area (Å²) in [5.74, 6) is -2.52. The normalized spacial score (nSPS) is 22.8. The highest BCUT2D eigenvalue weighted by Gasteiger charge is 2.41. The number of benzene rings is 1. The van der Waals surface area contributed by atoms with Gasteiger partial charge in [-0.25, -0.2) is 28.1 Å². The van der Waals surface area contributed by atoms with Gasteiger partial charge < -0.3 is 19.9 Å². The molecular formula is C21H22ClF3N6O. The molecule has 5 rings (SSSR count). The van der Waals surface area contributed by atoms with Crippen LogP contribution in [0.15, 0.2) is 18.3 Å². The number of fused-ring (bicyclic) bond motifs is 3. The van der Waals surface area contributed by atoms with Crippen LogP contribution in [0.1, 0.15) is 25.7 Å². The van der Waals surface area contributed by atoms with Crippen LogP contribution in [0.5, 0.6) is 0 Å². The summed E-state index contributed by atoms with van der Waals surface area (Å²) in [5.41, 5.74) is 1.69. The van der Waals surface area contributed by atoms with Crippen molar-refractivity contribution in [2.45, 2.75) is 50.3 Å². The van der Waals surface area contributed by atoms with Gasteiger partial charge in [0.2, 0.25) is 11.9 Å². The molecule has 2 atom stereocenters. The van der Waals surface area contributed by atoms with Crippen LogP contribution in [0.2, 0.25) is 5.02 Å². The van der Waals surface area contributed by atoms with Crippen molar-refractivity contribution in [1.29, 1.82) is 0 Å². The summed E-state index contributed by atoms with van der Waals surface area (Å²) >= 11 is 6.33. The predicted molar refractivity (Wildman–Crippen MR) is 116 cm³/mol. The Morgan fingerprint density at radius 3 is 2.84 bits per heavy atom. The third kappa shape index (κ3) is 3.75. The molecule has 0 unspecified atom stereocenters. The average molecular weight is 467 g/mol. The molecular weight excluding hydrogens is 445 g/mol. The Labute approximate surface area is 187 Å². The van der Waals surface area contributed by atoms with E-state index in [1.165, 1.54) is 12.3 Å². The summed E-state index contributed by atoms with van der Waals surface area (Å²) in [6.45, 7) is 1.58. The zero-order valence-electron chi connectivity index (χ0n) is 17.3. The molecule has 11 heteroatoms. The topological polar surface area (TPSA) is 79.1 Å². The molecule has 7 nitrogen and oxygen atoms in total. The molecule has 1 aliphatic heterocycles. The first-order valence-electron chi connectivity index (χ1n) is 10.5. The molecule has 0 amide bonds. The third-order valence-electron chi connectivity index (χ3n) is 6.13. The van der Waals surface area contributed by atoms with E-state index in [1.807, 2.05) is 16.5 Å². The van der Waals surface area contributed by atoms with Crippen LogP contribution in [0.4, 0.5) is 25.1 Å². The second kappa shape index (κ2) is 7.77. The van der Waals surface area contributed by atoms with E-state index in [0.717, 1.165) is 19.5 Å². The number of aromatic nitrogens is 4. The lowest BCUT2D eigenvalue weighted by atomic mass is 9.90. The molecule has 2 aromatic heterocycles. The first-order chi connectivity index (χ1) is 15.2. The Morgan fingerprint density at radius 2 is 2.06 bits per heavy atom. The van der Waals surface area contributed by atoms with Crippen molar-refractivity contribution in [3.8, 4) is 11.3 Å². The van der Waals surface area contributed by atoms with Crippen LogP contribution in [0, 0.1) is 5.82 Å². The molecule has 1 aliphatic carbocycles. The summed E-state index contributed by atoms with van der Waals surface area (Å²) in [5, 5.41) is 13.2. The molecule has 0 radical (unpaired) electrons. The minimum absolute atomic E-state index is 0.0750.